The maximum absolute atomic E-state index is 6.03. The van der Waals surface area contributed by atoms with Crippen LogP contribution >= 0.6 is 27.5 Å². The highest BCUT2D eigenvalue weighted by molar-refractivity contribution is 9.10. The van der Waals surface area contributed by atoms with Gasteiger partial charge in [-0.3, -0.25) is 0 Å². The number of ether oxygens (including phenoxy) is 1. The molecule has 0 spiro atoms. The lowest BCUT2D eigenvalue weighted by Gasteiger charge is -2.11. The Morgan fingerprint density at radius 3 is 2.52 bits per heavy atom. The maximum Gasteiger partial charge on any atom is 0.133 e. The number of nitrogens with two attached hydrogens (primary N) is 1. The molecule has 3 rings (SSSR count). The van der Waals surface area contributed by atoms with Crippen LogP contribution in [0.5, 0.6) is 11.5 Å². The molecule has 0 aliphatic rings. The zero-order chi connectivity index (χ0) is 14.8. The monoisotopic (exact) mass is 361 g/mol. The van der Waals surface area contributed by atoms with Crippen LogP contribution in [-0.2, 0) is 6.54 Å². The van der Waals surface area contributed by atoms with E-state index in [-0.39, 0.29) is 0 Å². The molecule has 0 amide bonds. The summed E-state index contributed by atoms with van der Waals surface area (Å²) >= 11 is 9.50. The van der Waals surface area contributed by atoms with Gasteiger partial charge in [-0.15, -0.1) is 0 Å². The molecule has 3 aromatic rings. The molecule has 0 atom stereocenters. The van der Waals surface area contributed by atoms with Crippen molar-refractivity contribution in [2.45, 2.75) is 6.54 Å². The third-order valence-electron chi connectivity index (χ3n) is 3.25. The Morgan fingerprint density at radius 1 is 0.952 bits per heavy atom. The van der Waals surface area contributed by atoms with Gasteiger partial charge in [0.05, 0.1) is 0 Å². The summed E-state index contributed by atoms with van der Waals surface area (Å²) < 4.78 is 7.00. The van der Waals surface area contributed by atoms with E-state index in [4.69, 9.17) is 22.1 Å². The first-order valence-corrected chi connectivity index (χ1v) is 7.68. The summed E-state index contributed by atoms with van der Waals surface area (Å²) in [4.78, 5) is 0. The molecule has 2 nitrogen and oxygen atoms in total. The van der Waals surface area contributed by atoms with Gasteiger partial charge in [0.25, 0.3) is 0 Å². The molecule has 2 N–H and O–H groups in total. The minimum Gasteiger partial charge on any atom is -0.457 e. The molecule has 0 radical (unpaired) electrons. The predicted molar refractivity (Wildman–Crippen MR) is 91.1 cm³/mol. The lowest BCUT2D eigenvalue weighted by molar-refractivity contribution is 0.477. The number of benzene rings is 3. The van der Waals surface area contributed by atoms with E-state index in [1.165, 1.54) is 0 Å². The van der Waals surface area contributed by atoms with Gasteiger partial charge in [-0.2, -0.15) is 0 Å². The molecule has 0 bridgehead atoms. The Bertz CT molecular complexity index is 804. The first kappa shape index (κ1) is 14.4. The average Bonchev–Trinajstić information content (AvgIpc) is 2.48. The summed E-state index contributed by atoms with van der Waals surface area (Å²) in [5.74, 6) is 1.46. The van der Waals surface area contributed by atoms with Crippen molar-refractivity contribution in [3.63, 3.8) is 0 Å². The Labute approximate surface area is 136 Å². The van der Waals surface area contributed by atoms with E-state index in [9.17, 15) is 0 Å². The third kappa shape index (κ3) is 3.21. The molecule has 21 heavy (non-hydrogen) atoms. The highest BCUT2D eigenvalue weighted by Crippen LogP contribution is 2.31. The van der Waals surface area contributed by atoms with Crippen molar-refractivity contribution in [1.29, 1.82) is 0 Å². The van der Waals surface area contributed by atoms with Gasteiger partial charge in [0.15, 0.2) is 0 Å². The maximum atomic E-state index is 6.03. The zero-order valence-electron chi connectivity index (χ0n) is 11.1. The molecule has 0 heterocycles. The summed E-state index contributed by atoms with van der Waals surface area (Å²) in [6, 6.07) is 17.6. The van der Waals surface area contributed by atoms with Gasteiger partial charge >= 0.3 is 0 Å². The summed E-state index contributed by atoms with van der Waals surface area (Å²) in [5.41, 5.74) is 6.66. The molecule has 106 valence electrons. The van der Waals surface area contributed by atoms with Crippen molar-refractivity contribution in [1.82, 2.24) is 0 Å². The van der Waals surface area contributed by atoms with E-state index < -0.39 is 0 Å². The number of hydrogen-bond acceptors (Lipinski definition) is 2. The standard InChI is InChI=1S/C17H13BrClNO/c18-14-4-1-12-8-16(6-3-11(12)7-14)21-17-9-15(19)5-2-13(17)10-20/h1-9H,10,20H2. The Morgan fingerprint density at radius 2 is 1.71 bits per heavy atom. The first-order valence-electron chi connectivity index (χ1n) is 6.51. The molecule has 0 saturated carbocycles. The zero-order valence-corrected chi connectivity index (χ0v) is 13.5. The Balaban J connectivity index is 1.98. The van der Waals surface area contributed by atoms with Gasteiger partial charge in [-0.25, -0.2) is 0 Å². The topological polar surface area (TPSA) is 35.2 Å². The SMILES string of the molecule is NCc1ccc(Cl)cc1Oc1ccc2cc(Br)ccc2c1. The largest absolute Gasteiger partial charge is 0.457 e. The minimum atomic E-state index is 0.410. The van der Waals surface area contributed by atoms with Crippen LogP contribution in [0.4, 0.5) is 0 Å². The van der Waals surface area contributed by atoms with Gasteiger partial charge in [-0.05, 0) is 47.2 Å². The van der Waals surface area contributed by atoms with Crippen LogP contribution < -0.4 is 10.5 Å². The Hall–Kier alpha value is -1.55. The van der Waals surface area contributed by atoms with Crippen LogP contribution in [0.2, 0.25) is 5.02 Å². The molecule has 0 aliphatic carbocycles. The van der Waals surface area contributed by atoms with Gasteiger partial charge in [0, 0.05) is 21.6 Å². The second kappa shape index (κ2) is 6.06. The summed E-state index contributed by atoms with van der Waals surface area (Å²) in [6.45, 7) is 0.410. The van der Waals surface area contributed by atoms with Crippen molar-refractivity contribution in [2.24, 2.45) is 5.73 Å². The number of hydrogen-bond donors (Lipinski definition) is 1. The minimum absolute atomic E-state index is 0.410. The molecule has 0 aliphatic heterocycles. The summed E-state index contributed by atoms with van der Waals surface area (Å²) in [5, 5.41) is 2.90. The molecule has 4 heteroatoms. The number of fused-ring (bicyclic) bond motifs is 1. The molecule has 0 saturated heterocycles. The predicted octanol–water partition coefficient (Wildman–Crippen LogP) is 5.51. The van der Waals surface area contributed by atoms with E-state index in [1.807, 2.05) is 42.5 Å². The number of rotatable bonds is 3. The van der Waals surface area contributed by atoms with Crippen molar-refractivity contribution in [2.75, 3.05) is 0 Å². The fourth-order valence-electron chi connectivity index (χ4n) is 2.18. The average molecular weight is 363 g/mol. The molecular formula is C17H13BrClNO. The van der Waals surface area contributed by atoms with Crippen molar-refractivity contribution in [3.8, 4) is 11.5 Å². The van der Waals surface area contributed by atoms with Crippen molar-refractivity contribution >= 4 is 38.3 Å². The lowest BCUT2D eigenvalue weighted by atomic mass is 10.1. The van der Waals surface area contributed by atoms with E-state index in [1.54, 1.807) is 6.07 Å². The van der Waals surface area contributed by atoms with Gasteiger partial charge in [0.2, 0.25) is 0 Å². The second-order valence-electron chi connectivity index (χ2n) is 4.71. The fourth-order valence-corrected chi connectivity index (χ4v) is 2.72. The van der Waals surface area contributed by atoms with Crippen LogP contribution in [0.25, 0.3) is 10.8 Å². The van der Waals surface area contributed by atoms with E-state index in [0.717, 1.165) is 26.6 Å². The molecule has 0 fully saturated rings. The van der Waals surface area contributed by atoms with Crippen molar-refractivity contribution < 1.29 is 4.74 Å². The van der Waals surface area contributed by atoms with Crippen LogP contribution in [0.3, 0.4) is 0 Å². The van der Waals surface area contributed by atoms with Crippen LogP contribution in [0.1, 0.15) is 5.56 Å². The molecule has 3 aromatic carbocycles. The lowest BCUT2D eigenvalue weighted by Crippen LogP contribution is -1.99. The van der Waals surface area contributed by atoms with E-state index in [2.05, 4.69) is 22.0 Å². The normalized spacial score (nSPS) is 10.8. The third-order valence-corrected chi connectivity index (χ3v) is 3.98. The highest BCUT2D eigenvalue weighted by Gasteiger charge is 2.06. The molecular weight excluding hydrogens is 350 g/mol. The summed E-state index contributed by atoms with van der Waals surface area (Å²) in [6.07, 6.45) is 0. The van der Waals surface area contributed by atoms with E-state index >= 15 is 0 Å². The second-order valence-corrected chi connectivity index (χ2v) is 6.06. The highest BCUT2D eigenvalue weighted by atomic mass is 79.9. The number of halogens is 2. The smallest absolute Gasteiger partial charge is 0.133 e. The summed E-state index contributed by atoms with van der Waals surface area (Å²) in [7, 11) is 0. The van der Waals surface area contributed by atoms with Crippen molar-refractivity contribution in [3.05, 3.63) is 69.7 Å². The van der Waals surface area contributed by atoms with Gasteiger partial charge < -0.3 is 10.5 Å². The van der Waals surface area contributed by atoms with Crippen LogP contribution in [0.15, 0.2) is 59.1 Å². The first-order chi connectivity index (χ1) is 10.2. The van der Waals surface area contributed by atoms with Crippen LogP contribution in [0, 0.1) is 0 Å². The van der Waals surface area contributed by atoms with E-state index in [0.29, 0.717) is 17.3 Å². The quantitative estimate of drug-likeness (QED) is 0.667. The van der Waals surface area contributed by atoms with Gasteiger partial charge in [-0.1, -0.05) is 45.7 Å². The van der Waals surface area contributed by atoms with Crippen LogP contribution in [-0.4, -0.2) is 0 Å². The fraction of sp³-hybridized carbons (Fsp3) is 0.0588. The molecule has 0 unspecified atom stereocenters. The Kier molecular flexibility index (Phi) is 4.15. The van der Waals surface area contributed by atoms with Gasteiger partial charge in [0.1, 0.15) is 11.5 Å². The molecule has 0 aromatic heterocycles.